The quantitative estimate of drug-likeness (QED) is 0.680. The number of aromatic nitrogens is 4. The van der Waals surface area contributed by atoms with Crippen LogP contribution in [0.4, 0.5) is 0 Å². The van der Waals surface area contributed by atoms with Crippen LogP contribution in [0.3, 0.4) is 0 Å². The summed E-state index contributed by atoms with van der Waals surface area (Å²) >= 11 is 5.78. The summed E-state index contributed by atoms with van der Waals surface area (Å²) in [6.07, 6.45) is -0.268. The van der Waals surface area contributed by atoms with Crippen molar-refractivity contribution in [1.29, 1.82) is 0 Å². The zero-order chi connectivity index (χ0) is 18.3. The fourth-order valence-corrected chi connectivity index (χ4v) is 2.57. The van der Waals surface area contributed by atoms with Gasteiger partial charge in [0.05, 0.1) is 6.42 Å². The van der Waals surface area contributed by atoms with E-state index in [-0.39, 0.29) is 29.1 Å². The van der Waals surface area contributed by atoms with Gasteiger partial charge in [-0.2, -0.15) is 0 Å². The molecule has 0 aliphatic rings. The zero-order valence-corrected chi connectivity index (χ0v) is 14.1. The molecule has 0 amide bonds. The van der Waals surface area contributed by atoms with Crippen molar-refractivity contribution in [2.75, 3.05) is 0 Å². The van der Waals surface area contributed by atoms with Crippen molar-refractivity contribution in [3.05, 3.63) is 71.7 Å². The van der Waals surface area contributed by atoms with E-state index in [1.54, 1.807) is 24.3 Å². The highest BCUT2D eigenvalue weighted by Gasteiger charge is 2.16. The summed E-state index contributed by atoms with van der Waals surface area (Å²) in [6.45, 7) is 0. The predicted octanol–water partition coefficient (Wildman–Crippen LogP) is 0.399. The maximum Gasteiger partial charge on any atom is 0.332 e. The van der Waals surface area contributed by atoms with Gasteiger partial charge < -0.3 is 4.98 Å². The monoisotopic (exact) mass is 360 g/mol. The molecule has 0 saturated carbocycles. The molecule has 128 valence electrons. The van der Waals surface area contributed by atoms with Crippen LogP contribution in [0, 0.1) is 0 Å². The van der Waals surface area contributed by atoms with E-state index in [1.165, 1.54) is 14.1 Å². The molecule has 0 radical (unpaired) electrons. The molecule has 0 fully saturated rings. The Labute approximate surface area is 145 Å². The average Bonchev–Trinajstić information content (AvgIpc) is 2.60. The Morgan fingerprint density at radius 2 is 1.76 bits per heavy atom. The van der Waals surface area contributed by atoms with Crippen LogP contribution in [-0.4, -0.2) is 24.9 Å². The Hall–Kier alpha value is -3.00. The lowest BCUT2D eigenvalue weighted by molar-refractivity contribution is 0.0991. The summed E-state index contributed by atoms with van der Waals surface area (Å²) in [5, 5.41) is 0.490. The molecule has 1 N–H and O–H groups in total. The first-order valence-electron chi connectivity index (χ1n) is 7.27. The van der Waals surface area contributed by atoms with Crippen molar-refractivity contribution in [1.82, 2.24) is 19.1 Å². The molecule has 3 rings (SSSR count). The number of carbonyl (C=O) groups excluding carboxylic acids is 1. The number of carbonyl (C=O) groups is 1. The first kappa shape index (κ1) is 16.8. The summed E-state index contributed by atoms with van der Waals surface area (Å²) in [5.74, 6) is -0.331. The summed E-state index contributed by atoms with van der Waals surface area (Å²) in [4.78, 5) is 55.1. The molecule has 9 heteroatoms. The Morgan fingerprint density at radius 3 is 2.40 bits per heavy atom. The normalized spacial score (nSPS) is 11.0. The number of nitrogens with one attached hydrogen (secondary N) is 1. The molecule has 2 aromatic heterocycles. The molecule has 0 aliphatic heterocycles. The standard InChI is InChI=1S/C16H13ClN4O4/c1-20-13-12(15(24)21(2)16(20)25)19-14(23)10(18-13)7-11(22)8-3-5-9(17)6-4-8/h3-6H,7H2,1-2H3,(H,19,23). The number of rotatable bonds is 3. The second-order valence-corrected chi connectivity index (χ2v) is 5.96. The number of fused-ring (bicyclic) bond motifs is 1. The van der Waals surface area contributed by atoms with Crippen LogP contribution in [0.5, 0.6) is 0 Å². The molecule has 0 aliphatic carbocycles. The third-order valence-corrected chi connectivity index (χ3v) is 4.12. The second-order valence-electron chi connectivity index (χ2n) is 5.52. The number of halogens is 1. The van der Waals surface area contributed by atoms with Crippen molar-refractivity contribution in [2.45, 2.75) is 6.42 Å². The maximum atomic E-state index is 12.3. The number of Topliss-reactive ketones (excluding diaryl/α,β-unsaturated/α-hetero) is 1. The highest BCUT2D eigenvalue weighted by molar-refractivity contribution is 6.30. The van der Waals surface area contributed by atoms with E-state index in [2.05, 4.69) is 9.97 Å². The zero-order valence-electron chi connectivity index (χ0n) is 13.4. The molecule has 0 spiro atoms. The predicted molar refractivity (Wildman–Crippen MR) is 92.3 cm³/mol. The lowest BCUT2D eigenvalue weighted by Crippen LogP contribution is -2.39. The Balaban J connectivity index is 2.12. The van der Waals surface area contributed by atoms with Gasteiger partial charge in [-0.15, -0.1) is 0 Å². The largest absolute Gasteiger partial charge is 0.332 e. The highest BCUT2D eigenvalue weighted by atomic mass is 35.5. The van der Waals surface area contributed by atoms with E-state index in [0.29, 0.717) is 10.6 Å². The number of hydrogen-bond acceptors (Lipinski definition) is 5. The molecular formula is C16H13ClN4O4. The van der Waals surface area contributed by atoms with Gasteiger partial charge >= 0.3 is 5.69 Å². The van der Waals surface area contributed by atoms with E-state index < -0.39 is 16.8 Å². The third kappa shape index (κ3) is 2.91. The summed E-state index contributed by atoms with van der Waals surface area (Å²) < 4.78 is 2.02. The van der Waals surface area contributed by atoms with E-state index in [4.69, 9.17) is 11.6 Å². The van der Waals surface area contributed by atoms with Crippen LogP contribution in [-0.2, 0) is 20.5 Å². The van der Waals surface area contributed by atoms with Gasteiger partial charge in [0.1, 0.15) is 5.69 Å². The molecule has 2 heterocycles. The fourth-order valence-electron chi connectivity index (χ4n) is 2.45. The lowest BCUT2D eigenvalue weighted by atomic mass is 10.1. The average molecular weight is 361 g/mol. The Bertz CT molecular complexity index is 1170. The van der Waals surface area contributed by atoms with Gasteiger partial charge in [0.15, 0.2) is 16.9 Å². The molecular weight excluding hydrogens is 348 g/mol. The number of hydrogen-bond donors (Lipinski definition) is 1. The van der Waals surface area contributed by atoms with Gasteiger partial charge in [0, 0.05) is 24.7 Å². The minimum atomic E-state index is -0.654. The summed E-state index contributed by atoms with van der Waals surface area (Å²) in [7, 11) is 2.74. The van der Waals surface area contributed by atoms with E-state index >= 15 is 0 Å². The van der Waals surface area contributed by atoms with Crippen LogP contribution < -0.4 is 16.8 Å². The van der Waals surface area contributed by atoms with Crippen molar-refractivity contribution >= 4 is 28.5 Å². The van der Waals surface area contributed by atoms with E-state index in [1.807, 2.05) is 0 Å². The summed E-state index contributed by atoms with van der Waals surface area (Å²) in [5.41, 5.74) is -1.64. The number of nitrogens with zero attached hydrogens (tertiary/aromatic N) is 3. The Kier molecular flexibility index (Phi) is 4.13. The van der Waals surface area contributed by atoms with Crippen LogP contribution in [0.15, 0.2) is 38.6 Å². The van der Waals surface area contributed by atoms with E-state index in [9.17, 15) is 19.2 Å². The molecule has 3 aromatic rings. The number of aryl methyl sites for hydroxylation is 1. The third-order valence-electron chi connectivity index (χ3n) is 3.87. The molecule has 25 heavy (non-hydrogen) atoms. The Morgan fingerprint density at radius 1 is 1.12 bits per heavy atom. The molecule has 1 aromatic carbocycles. The van der Waals surface area contributed by atoms with Gasteiger partial charge in [0.25, 0.3) is 11.1 Å². The van der Waals surface area contributed by atoms with Crippen molar-refractivity contribution in [3.8, 4) is 0 Å². The number of benzene rings is 1. The smallest absolute Gasteiger partial charge is 0.313 e. The highest BCUT2D eigenvalue weighted by Crippen LogP contribution is 2.11. The molecule has 8 nitrogen and oxygen atoms in total. The molecule has 0 saturated heterocycles. The van der Waals surface area contributed by atoms with Crippen LogP contribution in [0.25, 0.3) is 11.2 Å². The van der Waals surface area contributed by atoms with Crippen molar-refractivity contribution in [3.63, 3.8) is 0 Å². The molecule has 0 atom stereocenters. The second kappa shape index (κ2) is 6.14. The van der Waals surface area contributed by atoms with Crippen LogP contribution in [0.1, 0.15) is 16.1 Å². The van der Waals surface area contributed by atoms with Gasteiger partial charge in [-0.3, -0.25) is 23.5 Å². The number of ketones is 1. The first-order valence-corrected chi connectivity index (χ1v) is 7.65. The minimum absolute atomic E-state index is 0.0200. The topological polar surface area (TPSA) is 107 Å². The van der Waals surface area contributed by atoms with Crippen molar-refractivity contribution < 1.29 is 4.79 Å². The summed E-state index contributed by atoms with van der Waals surface area (Å²) in [6, 6.07) is 6.23. The van der Waals surface area contributed by atoms with E-state index in [0.717, 1.165) is 9.13 Å². The number of aromatic amines is 1. The maximum absolute atomic E-state index is 12.3. The lowest BCUT2D eigenvalue weighted by Gasteiger charge is -2.07. The van der Waals surface area contributed by atoms with Gasteiger partial charge in [-0.25, -0.2) is 9.78 Å². The van der Waals surface area contributed by atoms with Gasteiger partial charge in [-0.1, -0.05) is 11.6 Å². The fraction of sp³-hybridized carbons (Fsp3) is 0.188. The van der Waals surface area contributed by atoms with Gasteiger partial charge in [-0.05, 0) is 24.3 Å². The van der Waals surface area contributed by atoms with Gasteiger partial charge in [0.2, 0.25) is 0 Å². The first-order chi connectivity index (χ1) is 11.8. The SMILES string of the molecule is Cn1c(=O)c2[nH]c(=O)c(CC(=O)c3ccc(Cl)cc3)nc2n(C)c1=O. The van der Waals surface area contributed by atoms with Crippen molar-refractivity contribution in [2.24, 2.45) is 14.1 Å². The molecule has 0 unspecified atom stereocenters. The minimum Gasteiger partial charge on any atom is -0.313 e. The van der Waals surface area contributed by atoms with Crippen LogP contribution >= 0.6 is 11.6 Å². The number of H-pyrrole nitrogens is 1. The molecule has 0 bridgehead atoms. The van der Waals surface area contributed by atoms with Crippen LogP contribution in [0.2, 0.25) is 5.02 Å².